The van der Waals surface area contributed by atoms with Crippen LogP contribution in [-0.4, -0.2) is 37.0 Å². The van der Waals surface area contributed by atoms with E-state index in [0.29, 0.717) is 31.1 Å². The first-order chi connectivity index (χ1) is 16.1. The number of nitrogens with one attached hydrogen (secondary N) is 1. The van der Waals surface area contributed by atoms with Crippen LogP contribution in [0.4, 0.5) is 0 Å². The minimum absolute atomic E-state index is 0.137. The number of hydrogen-bond donors (Lipinski definition) is 1. The van der Waals surface area contributed by atoms with Crippen LogP contribution >= 0.6 is 11.6 Å². The lowest BCUT2D eigenvalue weighted by atomic mass is 10.0. The Kier molecular flexibility index (Phi) is 9.48. The smallest absolute Gasteiger partial charge is 0.247 e. The molecule has 5 nitrogen and oxygen atoms in total. The Balaban J connectivity index is 1.92. The standard InChI is InChI=1S/C27H29ClN2O3/c1-33-18-8-17-29-27(32)26(23-11-6-3-7-12-23)30(20-22-9-4-2-5-10-22)25(31)19-21-13-15-24(28)16-14-21/h2-7,9-16,26H,8,17-20H2,1H3,(H,29,32)/t26-/m1/s1. The second kappa shape index (κ2) is 12.8. The van der Waals surface area contributed by atoms with Gasteiger partial charge in [-0.25, -0.2) is 0 Å². The number of rotatable bonds is 11. The van der Waals surface area contributed by atoms with Gasteiger partial charge in [0.15, 0.2) is 0 Å². The highest BCUT2D eigenvalue weighted by Gasteiger charge is 2.31. The molecular weight excluding hydrogens is 436 g/mol. The summed E-state index contributed by atoms with van der Waals surface area (Å²) in [6.07, 6.45) is 0.867. The molecule has 0 spiro atoms. The largest absolute Gasteiger partial charge is 0.385 e. The lowest BCUT2D eigenvalue weighted by Gasteiger charge is -2.32. The summed E-state index contributed by atoms with van der Waals surface area (Å²) in [5.41, 5.74) is 2.56. The maximum Gasteiger partial charge on any atom is 0.247 e. The van der Waals surface area contributed by atoms with Crippen molar-refractivity contribution in [1.82, 2.24) is 10.2 Å². The second-order valence-corrected chi connectivity index (χ2v) is 8.20. The molecule has 6 heteroatoms. The number of hydrogen-bond acceptors (Lipinski definition) is 3. The van der Waals surface area contributed by atoms with Crippen molar-refractivity contribution in [2.24, 2.45) is 0 Å². The third-order valence-corrected chi connectivity index (χ3v) is 5.54. The Bertz CT molecular complexity index is 1010. The minimum atomic E-state index is -0.756. The second-order valence-electron chi connectivity index (χ2n) is 7.76. The zero-order valence-corrected chi connectivity index (χ0v) is 19.5. The molecule has 1 atom stereocenters. The predicted octanol–water partition coefficient (Wildman–Crippen LogP) is 4.81. The monoisotopic (exact) mass is 464 g/mol. The van der Waals surface area contributed by atoms with Crippen molar-refractivity contribution in [2.45, 2.75) is 25.4 Å². The molecule has 3 rings (SSSR count). The lowest BCUT2D eigenvalue weighted by molar-refractivity contribution is -0.141. The van der Waals surface area contributed by atoms with E-state index in [1.54, 1.807) is 24.1 Å². The molecule has 0 radical (unpaired) electrons. The summed E-state index contributed by atoms with van der Waals surface area (Å²) in [6, 6.07) is 25.6. The Morgan fingerprint density at radius 3 is 2.18 bits per heavy atom. The highest BCUT2D eigenvalue weighted by molar-refractivity contribution is 6.30. The molecule has 0 bridgehead atoms. The molecule has 0 aliphatic rings. The Morgan fingerprint density at radius 2 is 1.55 bits per heavy atom. The lowest BCUT2D eigenvalue weighted by Crippen LogP contribution is -2.44. The summed E-state index contributed by atoms with van der Waals surface area (Å²) in [4.78, 5) is 28.6. The van der Waals surface area contributed by atoms with Crippen molar-refractivity contribution in [3.05, 3.63) is 107 Å². The van der Waals surface area contributed by atoms with E-state index in [2.05, 4.69) is 5.32 Å². The number of methoxy groups -OCH3 is 1. The van der Waals surface area contributed by atoms with Gasteiger partial charge in [0.1, 0.15) is 6.04 Å². The van der Waals surface area contributed by atoms with Gasteiger partial charge in [-0.15, -0.1) is 0 Å². The Morgan fingerprint density at radius 1 is 0.909 bits per heavy atom. The van der Waals surface area contributed by atoms with Crippen molar-refractivity contribution in [3.8, 4) is 0 Å². The van der Waals surface area contributed by atoms with E-state index >= 15 is 0 Å². The number of halogens is 1. The fourth-order valence-electron chi connectivity index (χ4n) is 3.61. The maximum atomic E-state index is 13.6. The number of benzene rings is 3. The summed E-state index contributed by atoms with van der Waals surface area (Å²) >= 11 is 6.00. The predicted molar refractivity (Wildman–Crippen MR) is 131 cm³/mol. The normalized spacial score (nSPS) is 11.6. The van der Waals surface area contributed by atoms with Crippen molar-refractivity contribution in [1.29, 1.82) is 0 Å². The van der Waals surface area contributed by atoms with Gasteiger partial charge in [-0.3, -0.25) is 9.59 Å². The van der Waals surface area contributed by atoms with Crippen LogP contribution in [0.5, 0.6) is 0 Å². The number of amides is 2. The minimum Gasteiger partial charge on any atom is -0.385 e. The van der Waals surface area contributed by atoms with E-state index in [1.807, 2.05) is 72.8 Å². The van der Waals surface area contributed by atoms with E-state index in [1.165, 1.54) is 0 Å². The van der Waals surface area contributed by atoms with E-state index in [0.717, 1.165) is 16.7 Å². The average molecular weight is 465 g/mol. The van der Waals surface area contributed by atoms with Gasteiger partial charge in [-0.2, -0.15) is 0 Å². The maximum absolute atomic E-state index is 13.6. The number of carbonyl (C=O) groups excluding carboxylic acids is 2. The van der Waals surface area contributed by atoms with Gasteiger partial charge in [0.2, 0.25) is 11.8 Å². The molecule has 0 aliphatic heterocycles. The van der Waals surface area contributed by atoms with Crippen LogP contribution in [-0.2, 0) is 27.3 Å². The van der Waals surface area contributed by atoms with Crippen LogP contribution in [0.1, 0.15) is 29.2 Å². The summed E-state index contributed by atoms with van der Waals surface area (Å²) < 4.78 is 5.08. The molecule has 0 unspecified atom stereocenters. The molecular formula is C27H29ClN2O3. The zero-order valence-electron chi connectivity index (χ0n) is 18.7. The fourth-order valence-corrected chi connectivity index (χ4v) is 3.74. The number of carbonyl (C=O) groups is 2. The van der Waals surface area contributed by atoms with Gasteiger partial charge in [0, 0.05) is 31.8 Å². The van der Waals surface area contributed by atoms with Crippen molar-refractivity contribution < 1.29 is 14.3 Å². The Hall–Kier alpha value is -3.15. The molecule has 0 saturated carbocycles. The molecule has 172 valence electrons. The molecule has 0 fully saturated rings. The molecule has 0 aliphatic carbocycles. The van der Waals surface area contributed by atoms with Gasteiger partial charge in [0.05, 0.1) is 6.42 Å². The van der Waals surface area contributed by atoms with Gasteiger partial charge in [-0.05, 0) is 35.2 Å². The highest BCUT2D eigenvalue weighted by atomic mass is 35.5. The van der Waals surface area contributed by atoms with Gasteiger partial charge >= 0.3 is 0 Å². The molecule has 2 amide bonds. The first kappa shape index (κ1) is 24.5. The summed E-state index contributed by atoms with van der Waals surface area (Å²) in [6.45, 7) is 1.35. The van der Waals surface area contributed by atoms with E-state index in [4.69, 9.17) is 16.3 Å². The van der Waals surface area contributed by atoms with Crippen LogP contribution < -0.4 is 5.32 Å². The fraction of sp³-hybridized carbons (Fsp3) is 0.259. The van der Waals surface area contributed by atoms with Crippen molar-refractivity contribution in [2.75, 3.05) is 20.3 Å². The van der Waals surface area contributed by atoms with Crippen LogP contribution in [0.25, 0.3) is 0 Å². The number of ether oxygens (including phenoxy) is 1. The van der Waals surface area contributed by atoms with E-state index in [-0.39, 0.29) is 18.2 Å². The Labute approximate surface area is 200 Å². The molecule has 0 saturated heterocycles. The summed E-state index contributed by atoms with van der Waals surface area (Å²) in [7, 11) is 1.63. The van der Waals surface area contributed by atoms with Crippen molar-refractivity contribution in [3.63, 3.8) is 0 Å². The summed E-state index contributed by atoms with van der Waals surface area (Å²) in [5.74, 6) is -0.347. The molecule has 1 N–H and O–H groups in total. The molecule has 0 heterocycles. The number of nitrogens with zero attached hydrogens (tertiary/aromatic N) is 1. The van der Waals surface area contributed by atoms with Gasteiger partial charge in [-0.1, -0.05) is 84.4 Å². The molecule has 3 aromatic carbocycles. The topological polar surface area (TPSA) is 58.6 Å². The molecule has 0 aromatic heterocycles. The average Bonchev–Trinajstić information content (AvgIpc) is 2.84. The first-order valence-electron chi connectivity index (χ1n) is 11.0. The van der Waals surface area contributed by atoms with Gasteiger partial charge < -0.3 is 15.0 Å². The summed E-state index contributed by atoms with van der Waals surface area (Å²) in [5, 5.41) is 3.59. The van der Waals surface area contributed by atoms with Crippen LogP contribution in [0, 0.1) is 0 Å². The molecule has 3 aromatic rings. The van der Waals surface area contributed by atoms with E-state index < -0.39 is 6.04 Å². The van der Waals surface area contributed by atoms with E-state index in [9.17, 15) is 9.59 Å². The quantitative estimate of drug-likeness (QED) is 0.414. The molecule has 33 heavy (non-hydrogen) atoms. The third kappa shape index (κ3) is 7.45. The third-order valence-electron chi connectivity index (χ3n) is 5.28. The van der Waals surface area contributed by atoms with Crippen LogP contribution in [0.2, 0.25) is 5.02 Å². The first-order valence-corrected chi connectivity index (χ1v) is 11.4. The van der Waals surface area contributed by atoms with Gasteiger partial charge in [0.25, 0.3) is 0 Å². The zero-order chi connectivity index (χ0) is 23.5. The van der Waals surface area contributed by atoms with Crippen LogP contribution in [0.3, 0.4) is 0 Å². The SMILES string of the molecule is COCCCNC(=O)[C@@H](c1ccccc1)N(Cc1ccccc1)C(=O)Cc1ccc(Cl)cc1. The van der Waals surface area contributed by atoms with Crippen LogP contribution in [0.15, 0.2) is 84.9 Å². The van der Waals surface area contributed by atoms with Crippen molar-refractivity contribution >= 4 is 23.4 Å². The highest BCUT2D eigenvalue weighted by Crippen LogP contribution is 2.25.